The predicted octanol–water partition coefficient (Wildman–Crippen LogP) is 1.51. The highest BCUT2D eigenvalue weighted by Gasteiger charge is 2.21. The Bertz CT molecular complexity index is 669. The molecule has 0 bridgehead atoms. The van der Waals surface area contributed by atoms with Crippen molar-refractivity contribution in [1.29, 1.82) is 0 Å². The molecule has 2 rings (SSSR count). The average Bonchev–Trinajstić information content (AvgIpc) is 2.90. The normalized spacial score (nSPS) is 11.4. The molecule has 7 heteroatoms. The van der Waals surface area contributed by atoms with E-state index in [4.69, 9.17) is 0 Å². The lowest BCUT2D eigenvalue weighted by atomic mass is 10.4. The van der Waals surface area contributed by atoms with Crippen LogP contribution in [0.3, 0.4) is 0 Å². The minimum atomic E-state index is -3.77. The molecule has 0 saturated carbocycles. The second kappa shape index (κ2) is 4.58. The summed E-state index contributed by atoms with van der Waals surface area (Å²) in [5.41, 5.74) is 1.20. The van der Waals surface area contributed by atoms with E-state index < -0.39 is 15.9 Å². The lowest BCUT2D eigenvalue weighted by molar-refractivity contribution is 0.0973. The molecule has 2 aromatic heterocycles. The summed E-state index contributed by atoms with van der Waals surface area (Å²) in [6, 6.07) is 6.42. The Morgan fingerprint density at radius 1 is 1.33 bits per heavy atom. The van der Waals surface area contributed by atoms with E-state index in [-0.39, 0.29) is 4.21 Å². The number of aromatic nitrogens is 1. The first-order chi connectivity index (χ1) is 8.42. The third-order valence-corrected chi connectivity index (χ3v) is 5.32. The number of thiophene rings is 1. The summed E-state index contributed by atoms with van der Waals surface area (Å²) < 4.78 is 27.5. The quantitative estimate of drug-likeness (QED) is 0.929. The first-order valence-electron chi connectivity index (χ1n) is 5.15. The standard InChI is InChI=1S/C11H12N2O3S2/c1-8-5-6-9(13(8)2)11(14)12-18(15,16)10-4-3-7-17-10/h3-7H,1-2H3,(H,12,14). The van der Waals surface area contributed by atoms with Crippen molar-refractivity contribution in [2.45, 2.75) is 11.1 Å². The number of aryl methyl sites for hydroxylation is 1. The predicted molar refractivity (Wildman–Crippen MR) is 69.1 cm³/mol. The van der Waals surface area contributed by atoms with Crippen molar-refractivity contribution in [3.63, 3.8) is 0 Å². The molecule has 18 heavy (non-hydrogen) atoms. The summed E-state index contributed by atoms with van der Waals surface area (Å²) in [6.07, 6.45) is 0. The maximum atomic E-state index is 11.9. The Kier molecular flexibility index (Phi) is 3.27. The van der Waals surface area contributed by atoms with Crippen molar-refractivity contribution in [1.82, 2.24) is 9.29 Å². The van der Waals surface area contributed by atoms with Crippen molar-refractivity contribution < 1.29 is 13.2 Å². The molecule has 0 aliphatic heterocycles. The summed E-state index contributed by atoms with van der Waals surface area (Å²) in [4.78, 5) is 11.9. The van der Waals surface area contributed by atoms with Crippen LogP contribution in [-0.4, -0.2) is 18.9 Å². The molecule has 0 fully saturated rings. The maximum Gasteiger partial charge on any atom is 0.281 e. The van der Waals surface area contributed by atoms with Gasteiger partial charge in [0.1, 0.15) is 9.90 Å². The Hall–Kier alpha value is -1.60. The summed E-state index contributed by atoms with van der Waals surface area (Å²) in [6.45, 7) is 1.84. The van der Waals surface area contributed by atoms with Crippen LogP contribution in [0.4, 0.5) is 0 Å². The van der Waals surface area contributed by atoms with E-state index in [1.807, 2.05) is 6.92 Å². The third-order valence-electron chi connectivity index (χ3n) is 2.59. The van der Waals surface area contributed by atoms with Gasteiger partial charge in [0, 0.05) is 12.7 Å². The van der Waals surface area contributed by atoms with Gasteiger partial charge in [0.25, 0.3) is 15.9 Å². The summed E-state index contributed by atoms with van der Waals surface area (Å²) in [5.74, 6) is -0.626. The number of sulfonamides is 1. The van der Waals surface area contributed by atoms with Crippen LogP contribution in [0.5, 0.6) is 0 Å². The number of hydrogen-bond donors (Lipinski definition) is 1. The zero-order chi connectivity index (χ0) is 13.3. The molecule has 0 saturated heterocycles. The van der Waals surface area contributed by atoms with Crippen molar-refractivity contribution >= 4 is 27.3 Å². The second-order valence-electron chi connectivity index (χ2n) is 3.79. The molecule has 0 aliphatic rings. The van der Waals surface area contributed by atoms with Gasteiger partial charge in [0.05, 0.1) is 0 Å². The van der Waals surface area contributed by atoms with Crippen molar-refractivity contribution in [2.24, 2.45) is 7.05 Å². The molecular weight excluding hydrogens is 272 g/mol. The fourth-order valence-corrected chi connectivity index (χ4v) is 3.44. The minimum Gasteiger partial charge on any atom is -0.344 e. The molecule has 1 N–H and O–H groups in total. The maximum absolute atomic E-state index is 11.9. The molecule has 0 aliphatic carbocycles. The van der Waals surface area contributed by atoms with Gasteiger partial charge in [0.15, 0.2) is 0 Å². The largest absolute Gasteiger partial charge is 0.344 e. The molecule has 1 amide bonds. The van der Waals surface area contributed by atoms with Gasteiger partial charge in [-0.05, 0) is 30.5 Å². The number of nitrogens with zero attached hydrogens (tertiary/aromatic N) is 1. The Morgan fingerprint density at radius 3 is 2.56 bits per heavy atom. The summed E-state index contributed by atoms with van der Waals surface area (Å²) in [5, 5.41) is 1.64. The first kappa shape index (κ1) is 12.8. The fourth-order valence-electron chi connectivity index (χ4n) is 1.48. The first-order valence-corrected chi connectivity index (χ1v) is 7.51. The highest BCUT2D eigenvalue weighted by Crippen LogP contribution is 2.16. The number of rotatable bonds is 3. The molecular formula is C11H12N2O3S2. The molecule has 0 radical (unpaired) electrons. The van der Waals surface area contributed by atoms with Gasteiger partial charge in [-0.3, -0.25) is 4.79 Å². The van der Waals surface area contributed by atoms with E-state index in [1.165, 1.54) is 6.07 Å². The smallest absolute Gasteiger partial charge is 0.281 e. The van der Waals surface area contributed by atoms with Crippen LogP contribution in [-0.2, 0) is 17.1 Å². The number of carbonyl (C=O) groups is 1. The SMILES string of the molecule is Cc1ccc(C(=O)NS(=O)(=O)c2cccs2)n1C. The Morgan fingerprint density at radius 2 is 2.06 bits per heavy atom. The average molecular weight is 284 g/mol. The van der Waals surface area contributed by atoms with Crippen molar-refractivity contribution in [2.75, 3.05) is 0 Å². The molecule has 0 spiro atoms. The van der Waals surface area contributed by atoms with Crippen LogP contribution in [0.1, 0.15) is 16.2 Å². The third kappa shape index (κ3) is 2.32. The van der Waals surface area contributed by atoms with E-state index in [1.54, 1.807) is 35.2 Å². The molecule has 2 aromatic rings. The van der Waals surface area contributed by atoms with Crippen LogP contribution in [0.2, 0.25) is 0 Å². The number of carbonyl (C=O) groups excluding carboxylic acids is 1. The summed E-state index contributed by atoms with van der Waals surface area (Å²) in [7, 11) is -2.06. The van der Waals surface area contributed by atoms with E-state index in [0.717, 1.165) is 17.0 Å². The van der Waals surface area contributed by atoms with Crippen LogP contribution in [0.15, 0.2) is 33.9 Å². The van der Waals surface area contributed by atoms with Crippen molar-refractivity contribution in [3.05, 3.63) is 41.0 Å². The van der Waals surface area contributed by atoms with E-state index >= 15 is 0 Å². The molecule has 0 atom stereocenters. The fraction of sp³-hybridized carbons (Fsp3) is 0.182. The van der Waals surface area contributed by atoms with Gasteiger partial charge in [-0.2, -0.15) is 0 Å². The summed E-state index contributed by atoms with van der Waals surface area (Å²) >= 11 is 1.07. The lowest BCUT2D eigenvalue weighted by Gasteiger charge is -2.06. The van der Waals surface area contributed by atoms with Gasteiger partial charge < -0.3 is 4.57 Å². The number of hydrogen-bond acceptors (Lipinski definition) is 4. The van der Waals surface area contributed by atoms with Gasteiger partial charge in [-0.25, -0.2) is 13.1 Å². The Balaban J connectivity index is 2.26. The van der Waals surface area contributed by atoms with Crippen molar-refractivity contribution in [3.8, 4) is 0 Å². The van der Waals surface area contributed by atoms with Crippen LogP contribution in [0, 0.1) is 6.92 Å². The zero-order valence-corrected chi connectivity index (χ0v) is 11.5. The highest BCUT2D eigenvalue weighted by atomic mass is 32.2. The van der Waals surface area contributed by atoms with Gasteiger partial charge in [-0.1, -0.05) is 6.07 Å². The topological polar surface area (TPSA) is 68.2 Å². The number of nitrogens with one attached hydrogen (secondary N) is 1. The Labute approximate surface area is 109 Å². The van der Waals surface area contributed by atoms with Gasteiger partial charge in [0.2, 0.25) is 0 Å². The minimum absolute atomic E-state index is 0.127. The second-order valence-corrected chi connectivity index (χ2v) is 6.64. The van der Waals surface area contributed by atoms with Crippen LogP contribution in [0.25, 0.3) is 0 Å². The van der Waals surface area contributed by atoms with E-state index in [2.05, 4.69) is 4.72 Å². The van der Waals surface area contributed by atoms with Gasteiger partial charge >= 0.3 is 0 Å². The molecule has 5 nitrogen and oxygen atoms in total. The highest BCUT2D eigenvalue weighted by molar-refractivity contribution is 7.92. The molecule has 96 valence electrons. The number of amides is 1. The monoisotopic (exact) mass is 284 g/mol. The van der Waals surface area contributed by atoms with Gasteiger partial charge in [-0.15, -0.1) is 11.3 Å². The van der Waals surface area contributed by atoms with E-state index in [0.29, 0.717) is 5.69 Å². The molecule has 2 heterocycles. The lowest BCUT2D eigenvalue weighted by Crippen LogP contribution is -2.31. The van der Waals surface area contributed by atoms with Crippen LogP contribution >= 0.6 is 11.3 Å². The van der Waals surface area contributed by atoms with E-state index in [9.17, 15) is 13.2 Å². The molecule has 0 unspecified atom stereocenters. The molecule has 0 aromatic carbocycles. The van der Waals surface area contributed by atoms with Crippen LogP contribution < -0.4 is 4.72 Å². The zero-order valence-electron chi connectivity index (χ0n) is 9.88.